The Morgan fingerprint density at radius 3 is 2.68 bits per heavy atom. The van der Waals surface area contributed by atoms with Gasteiger partial charge in [0.25, 0.3) is 0 Å². The number of aliphatic hydroxyl groups excluding tert-OH is 1. The second-order valence-electron chi connectivity index (χ2n) is 10.4. The quantitative estimate of drug-likeness (QED) is 0.486. The lowest BCUT2D eigenvalue weighted by molar-refractivity contribution is -0.153. The number of amides is 2. The molecule has 4 heterocycles. The van der Waals surface area contributed by atoms with Gasteiger partial charge in [0.2, 0.25) is 11.8 Å². The minimum Gasteiger partial charge on any atom is -0.465 e. The fourth-order valence-electron chi connectivity index (χ4n) is 6.66. The highest BCUT2D eigenvalue weighted by molar-refractivity contribution is 8.02. The molecule has 0 aromatic rings. The first-order valence-electron chi connectivity index (χ1n) is 12.9. The number of carbonyl (C=O) groups is 3. The van der Waals surface area contributed by atoms with Crippen LogP contribution in [0, 0.1) is 11.8 Å². The van der Waals surface area contributed by atoms with E-state index in [-0.39, 0.29) is 35.7 Å². The van der Waals surface area contributed by atoms with Crippen molar-refractivity contribution in [1.29, 1.82) is 0 Å². The van der Waals surface area contributed by atoms with Crippen LogP contribution in [0.5, 0.6) is 0 Å². The van der Waals surface area contributed by atoms with Crippen molar-refractivity contribution < 1.29 is 24.2 Å². The second kappa shape index (κ2) is 9.69. The van der Waals surface area contributed by atoms with Gasteiger partial charge in [0.1, 0.15) is 6.04 Å². The molecule has 1 unspecified atom stereocenters. The van der Waals surface area contributed by atoms with Crippen LogP contribution in [-0.2, 0) is 19.1 Å². The van der Waals surface area contributed by atoms with Gasteiger partial charge in [-0.05, 0) is 39.0 Å². The monoisotopic (exact) mass is 488 g/mol. The highest BCUT2D eigenvalue weighted by atomic mass is 32.2. The van der Waals surface area contributed by atoms with Crippen molar-refractivity contribution in [2.75, 3.05) is 19.8 Å². The van der Waals surface area contributed by atoms with Crippen LogP contribution in [0.1, 0.15) is 58.3 Å². The van der Waals surface area contributed by atoms with Gasteiger partial charge < -0.3 is 19.6 Å². The van der Waals surface area contributed by atoms with E-state index < -0.39 is 28.7 Å². The first-order valence-corrected chi connectivity index (χ1v) is 13.8. The number of likely N-dealkylation sites (tertiary alicyclic amines) is 1. The second-order valence-corrected chi connectivity index (χ2v) is 11.9. The molecule has 4 aliphatic heterocycles. The minimum absolute atomic E-state index is 0.0402. The Hall–Kier alpha value is -1.80. The molecule has 0 bridgehead atoms. The van der Waals surface area contributed by atoms with E-state index in [2.05, 4.69) is 12.2 Å². The van der Waals surface area contributed by atoms with Gasteiger partial charge in [-0.25, -0.2) is 0 Å². The maximum atomic E-state index is 14.2. The molecular weight excluding hydrogens is 452 g/mol. The van der Waals surface area contributed by atoms with Gasteiger partial charge >= 0.3 is 5.97 Å². The van der Waals surface area contributed by atoms with E-state index in [0.29, 0.717) is 13.2 Å². The average molecular weight is 489 g/mol. The molecule has 1 saturated carbocycles. The average Bonchev–Trinajstić information content (AvgIpc) is 3.24. The number of aliphatic hydroxyl groups is 1. The van der Waals surface area contributed by atoms with Crippen LogP contribution >= 0.6 is 11.8 Å². The first kappa shape index (κ1) is 23.9. The zero-order valence-corrected chi connectivity index (χ0v) is 20.8. The number of thioether (sulfide) groups is 1. The van der Waals surface area contributed by atoms with Gasteiger partial charge in [-0.2, -0.15) is 0 Å². The number of allylic oxidation sites excluding steroid dienone is 1. The molecule has 1 N–H and O–H groups in total. The molecule has 5 rings (SSSR count). The van der Waals surface area contributed by atoms with Crippen molar-refractivity contribution in [3.8, 4) is 0 Å². The lowest BCUT2D eigenvalue weighted by Gasteiger charge is -2.40. The minimum atomic E-state index is -0.840. The normalized spacial score (nSPS) is 38.6. The number of esters is 1. The van der Waals surface area contributed by atoms with Crippen molar-refractivity contribution in [2.24, 2.45) is 11.8 Å². The van der Waals surface area contributed by atoms with Crippen LogP contribution < -0.4 is 0 Å². The van der Waals surface area contributed by atoms with Crippen molar-refractivity contribution in [3.05, 3.63) is 24.3 Å². The molecule has 1 aliphatic carbocycles. The van der Waals surface area contributed by atoms with E-state index in [4.69, 9.17) is 4.74 Å². The van der Waals surface area contributed by atoms with Crippen molar-refractivity contribution in [1.82, 2.24) is 9.80 Å². The zero-order valence-electron chi connectivity index (χ0n) is 19.9. The van der Waals surface area contributed by atoms with E-state index >= 15 is 0 Å². The Bertz CT molecular complexity index is 884. The molecule has 0 radical (unpaired) electrons. The maximum Gasteiger partial charge on any atom is 0.311 e. The van der Waals surface area contributed by atoms with E-state index in [1.165, 1.54) is 6.42 Å². The number of cyclic esters (lactones) is 1. The van der Waals surface area contributed by atoms with Crippen LogP contribution in [0.3, 0.4) is 0 Å². The summed E-state index contributed by atoms with van der Waals surface area (Å²) in [4.78, 5) is 45.1. The molecule has 5 aliphatic rings. The number of hydrogen-bond acceptors (Lipinski definition) is 6. The van der Waals surface area contributed by atoms with Crippen molar-refractivity contribution in [3.63, 3.8) is 0 Å². The SMILES string of the molecule is C[C@H](CO)N1C(=O)[C@@H]2[C@@H]3C(=O)OCCCC/C=C\[C@@H]3S[C@@]23C=CCN(C2CCCCC2)C(=O)C13. The summed E-state index contributed by atoms with van der Waals surface area (Å²) in [6.45, 7) is 2.45. The number of carbonyl (C=O) groups excluding carboxylic acids is 3. The third kappa shape index (κ3) is 3.81. The van der Waals surface area contributed by atoms with Gasteiger partial charge in [0.15, 0.2) is 0 Å². The summed E-state index contributed by atoms with van der Waals surface area (Å²) in [5.74, 6) is -1.90. The lowest BCUT2D eigenvalue weighted by atomic mass is 9.78. The first-order chi connectivity index (χ1) is 16.5. The Balaban J connectivity index is 1.58. The van der Waals surface area contributed by atoms with Gasteiger partial charge in [-0.15, -0.1) is 11.8 Å². The van der Waals surface area contributed by atoms with Crippen molar-refractivity contribution in [2.45, 2.75) is 86.4 Å². The van der Waals surface area contributed by atoms with Gasteiger partial charge in [-0.3, -0.25) is 14.4 Å². The summed E-state index contributed by atoms with van der Waals surface area (Å²) in [5, 5.41) is 9.81. The third-order valence-corrected chi connectivity index (χ3v) is 10.1. The van der Waals surface area contributed by atoms with Gasteiger partial charge in [-0.1, -0.05) is 43.6 Å². The molecule has 186 valence electrons. The number of nitrogens with zero attached hydrogens (tertiary/aromatic N) is 2. The molecule has 1 spiro atoms. The number of hydrogen-bond donors (Lipinski definition) is 1. The van der Waals surface area contributed by atoms with Crippen LogP contribution in [0.25, 0.3) is 0 Å². The number of rotatable bonds is 3. The Morgan fingerprint density at radius 2 is 1.91 bits per heavy atom. The molecule has 3 fully saturated rings. The molecule has 2 amide bonds. The van der Waals surface area contributed by atoms with Gasteiger partial charge in [0, 0.05) is 17.8 Å². The fraction of sp³-hybridized carbons (Fsp3) is 0.731. The molecule has 34 heavy (non-hydrogen) atoms. The standard InChI is InChI=1S/C26H36N2O5S/c1-17(16-29)28-22-24(31)27(18-10-5-4-6-11-18)14-9-13-26(22)21(23(28)30)20-19(34-26)12-7-2-3-8-15-33-25(20)32/h7,9,12-13,17-22,29H,2-6,8,10-11,14-16H2,1H3/b12-7-/t17-,19+,20-,21+,22?,26+/m1/s1. The molecule has 2 saturated heterocycles. The van der Waals surface area contributed by atoms with Gasteiger partial charge in [0.05, 0.1) is 35.8 Å². The highest BCUT2D eigenvalue weighted by Gasteiger charge is 2.71. The molecular formula is C26H36N2O5S. The van der Waals surface area contributed by atoms with Crippen LogP contribution in [0.2, 0.25) is 0 Å². The molecule has 6 atom stereocenters. The van der Waals surface area contributed by atoms with E-state index in [0.717, 1.165) is 44.9 Å². The highest BCUT2D eigenvalue weighted by Crippen LogP contribution is 2.61. The van der Waals surface area contributed by atoms with E-state index in [1.807, 2.05) is 17.1 Å². The molecule has 0 aromatic carbocycles. The number of fused-ring (bicyclic) bond motifs is 2. The topological polar surface area (TPSA) is 87.2 Å². The Labute approximate surface area is 205 Å². The smallest absolute Gasteiger partial charge is 0.311 e. The van der Waals surface area contributed by atoms with E-state index in [9.17, 15) is 19.5 Å². The van der Waals surface area contributed by atoms with Crippen molar-refractivity contribution >= 4 is 29.5 Å². The Morgan fingerprint density at radius 1 is 1.12 bits per heavy atom. The van der Waals surface area contributed by atoms with Crippen LogP contribution in [-0.4, -0.2) is 80.6 Å². The third-order valence-electron chi connectivity index (χ3n) is 8.32. The predicted octanol–water partition coefficient (Wildman–Crippen LogP) is 2.68. The molecule has 8 heteroatoms. The largest absolute Gasteiger partial charge is 0.465 e. The fourth-order valence-corrected chi connectivity index (χ4v) is 8.64. The summed E-state index contributed by atoms with van der Waals surface area (Å²) in [6, 6.07) is -1.05. The summed E-state index contributed by atoms with van der Waals surface area (Å²) in [6.07, 6.45) is 16.3. The summed E-state index contributed by atoms with van der Waals surface area (Å²) < 4.78 is 4.80. The van der Waals surface area contributed by atoms with E-state index in [1.54, 1.807) is 23.6 Å². The summed E-state index contributed by atoms with van der Waals surface area (Å²) in [7, 11) is 0. The Kier molecular flexibility index (Phi) is 6.81. The zero-order chi connectivity index (χ0) is 23.9. The number of ether oxygens (including phenoxy) is 1. The summed E-state index contributed by atoms with van der Waals surface area (Å²) >= 11 is 1.57. The predicted molar refractivity (Wildman–Crippen MR) is 130 cm³/mol. The summed E-state index contributed by atoms with van der Waals surface area (Å²) in [5.41, 5.74) is 0. The van der Waals surface area contributed by atoms with Crippen LogP contribution in [0.4, 0.5) is 0 Å². The maximum absolute atomic E-state index is 14.2. The molecule has 0 aromatic heterocycles. The van der Waals surface area contributed by atoms with Crippen LogP contribution in [0.15, 0.2) is 24.3 Å². The molecule has 7 nitrogen and oxygen atoms in total. The lowest BCUT2D eigenvalue weighted by Crippen LogP contribution is -2.57.